The molecule has 0 bridgehead atoms. The van der Waals surface area contributed by atoms with Gasteiger partial charge >= 0.3 is 11.9 Å². The highest BCUT2D eigenvalue weighted by Gasteiger charge is 2.65. The van der Waals surface area contributed by atoms with Gasteiger partial charge in [0.1, 0.15) is 11.2 Å². The fourth-order valence-corrected chi connectivity index (χ4v) is 2.16. The lowest BCUT2D eigenvalue weighted by Gasteiger charge is -2.12. The monoisotopic (exact) mass is 238 g/mol. The van der Waals surface area contributed by atoms with E-state index in [2.05, 4.69) is 0 Å². The van der Waals surface area contributed by atoms with Crippen LogP contribution in [0.25, 0.3) is 0 Å². The van der Waals surface area contributed by atoms with Crippen molar-refractivity contribution in [3.63, 3.8) is 0 Å². The number of carboxylic acid groups (broad SMARTS) is 2. The molecule has 0 amide bonds. The predicted octanol–water partition coefficient (Wildman–Crippen LogP) is 1.56. The highest BCUT2D eigenvalue weighted by Crippen LogP contribution is 2.54. The van der Waals surface area contributed by atoms with E-state index in [4.69, 9.17) is 5.11 Å². The van der Waals surface area contributed by atoms with E-state index in [-0.39, 0.29) is 6.42 Å². The van der Waals surface area contributed by atoms with Crippen LogP contribution in [0.4, 0.5) is 4.39 Å². The molecule has 2 N–H and O–H groups in total. The van der Waals surface area contributed by atoms with Gasteiger partial charge in [-0.3, -0.25) is 9.59 Å². The number of aryl methyl sites for hydroxylation is 1. The van der Waals surface area contributed by atoms with Crippen LogP contribution in [-0.2, 0) is 15.0 Å². The lowest BCUT2D eigenvalue weighted by Crippen LogP contribution is -2.25. The van der Waals surface area contributed by atoms with E-state index < -0.39 is 29.1 Å². The molecule has 1 aromatic carbocycles. The molecule has 0 heterocycles. The molecule has 1 aromatic rings. The summed E-state index contributed by atoms with van der Waals surface area (Å²) in [5.74, 6) is -3.66. The maximum Gasteiger partial charge on any atom is 0.315 e. The van der Waals surface area contributed by atoms with E-state index >= 15 is 0 Å². The number of benzene rings is 1. The molecule has 4 nitrogen and oxygen atoms in total. The van der Waals surface area contributed by atoms with Crippen LogP contribution >= 0.6 is 0 Å². The van der Waals surface area contributed by atoms with Crippen molar-refractivity contribution < 1.29 is 24.2 Å². The van der Waals surface area contributed by atoms with Gasteiger partial charge in [0.25, 0.3) is 0 Å². The average Bonchev–Trinajstić information content (AvgIpc) is 2.98. The van der Waals surface area contributed by atoms with Crippen LogP contribution in [0, 0.1) is 18.7 Å². The molecule has 5 heteroatoms. The zero-order valence-electron chi connectivity index (χ0n) is 9.11. The first-order valence-electron chi connectivity index (χ1n) is 5.12. The lowest BCUT2D eigenvalue weighted by atomic mass is 9.92. The first kappa shape index (κ1) is 11.6. The summed E-state index contributed by atoms with van der Waals surface area (Å²) >= 11 is 0. The number of rotatable bonds is 3. The summed E-state index contributed by atoms with van der Waals surface area (Å²) in [6.45, 7) is 1.52. The fraction of sp³-hybridized carbons (Fsp3) is 0.333. The molecule has 0 aliphatic heterocycles. The molecule has 90 valence electrons. The van der Waals surface area contributed by atoms with Crippen molar-refractivity contribution in [2.24, 2.45) is 5.92 Å². The second-order valence-corrected chi connectivity index (χ2v) is 4.34. The Bertz CT molecular complexity index is 511. The minimum absolute atomic E-state index is 0.0583. The summed E-state index contributed by atoms with van der Waals surface area (Å²) in [7, 11) is 0. The van der Waals surface area contributed by atoms with Crippen LogP contribution in [0.15, 0.2) is 18.2 Å². The topological polar surface area (TPSA) is 74.6 Å². The molecule has 0 spiro atoms. The number of hydrogen-bond acceptors (Lipinski definition) is 2. The van der Waals surface area contributed by atoms with Gasteiger partial charge in [-0.1, -0.05) is 12.1 Å². The summed E-state index contributed by atoms with van der Waals surface area (Å²) in [6, 6.07) is 3.93. The van der Waals surface area contributed by atoms with Crippen molar-refractivity contribution in [3.8, 4) is 0 Å². The minimum atomic E-state index is -1.38. The number of aliphatic carboxylic acids is 2. The largest absolute Gasteiger partial charge is 0.481 e. The van der Waals surface area contributed by atoms with E-state index in [1.807, 2.05) is 0 Å². The molecular formula is C12H11FO4. The van der Waals surface area contributed by atoms with Gasteiger partial charge < -0.3 is 10.2 Å². The van der Waals surface area contributed by atoms with E-state index in [9.17, 15) is 19.1 Å². The van der Waals surface area contributed by atoms with Crippen LogP contribution in [0.5, 0.6) is 0 Å². The summed E-state index contributed by atoms with van der Waals surface area (Å²) in [5.41, 5.74) is -0.708. The van der Waals surface area contributed by atoms with Crippen LogP contribution in [-0.4, -0.2) is 22.2 Å². The number of halogens is 1. The molecule has 0 aromatic heterocycles. The molecule has 1 aliphatic carbocycles. The Hall–Kier alpha value is -1.91. The highest BCUT2D eigenvalue weighted by atomic mass is 19.1. The Labute approximate surface area is 96.7 Å². The zero-order chi connectivity index (χ0) is 12.8. The minimum Gasteiger partial charge on any atom is -0.481 e. The van der Waals surface area contributed by atoms with Gasteiger partial charge in [-0.05, 0) is 30.5 Å². The molecule has 1 saturated carbocycles. The molecular weight excluding hydrogens is 227 g/mol. The summed E-state index contributed by atoms with van der Waals surface area (Å²) in [6.07, 6.45) is 0.0583. The standard InChI is InChI=1S/C12H11FO4/c1-6-4-7(2-3-9(6)13)12(11(16)17)5-8(12)10(14)15/h2-4,8H,5H2,1H3,(H,14,15)(H,16,17). The van der Waals surface area contributed by atoms with Crippen molar-refractivity contribution in [2.75, 3.05) is 0 Å². The van der Waals surface area contributed by atoms with Gasteiger partial charge in [0.2, 0.25) is 0 Å². The maximum absolute atomic E-state index is 13.1. The average molecular weight is 238 g/mol. The lowest BCUT2D eigenvalue weighted by molar-refractivity contribution is -0.145. The van der Waals surface area contributed by atoms with E-state index in [0.29, 0.717) is 11.1 Å². The molecule has 0 radical (unpaired) electrons. The third-order valence-electron chi connectivity index (χ3n) is 3.31. The first-order valence-corrected chi connectivity index (χ1v) is 5.12. The van der Waals surface area contributed by atoms with E-state index in [0.717, 1.165) is 0 Å². The Balaban J connectivity index is 2.46. The third kappa shape index (κ3) is 1.58. The van der Waals surface area contributed by atoms with Crippen molar-refractivity contribution >= 4 is 11.9 Å². The second kappa shape index (κ2) is 3.55. The van der Waals surface area contributed by atoms with Crippen molar-refractivity contribution in [3.05, 3.63) is 35.1 Å². The number of carbonyl (C=O) groups is 2. The van der Waals surface area contributed by atoms with E-state index in [1.165, 1.54) is 25.1 Å². The van der Waals surface area contributed by atoms with Gasteiger partial charge in [0.05, 0.1) is 5.92 Å². The molecule has 1 aliphatic rings. The summed E-state index contributed by atoms with van der Waals surface area (Å²) in [5, 5.41) is 18.1. The first-order chi connectivity index (χ1) is 7.89. The van der Waals surface area contributed by atoms with Crippen molar-refractivity contribution in [1.82, 2.24) is 0 Å². The van der Waals surface area contributed by atoms with Crippen molar-refractivity contribution in [2.45, 2.75) is 18.8 Å². The summed E-state index contributed by atoms with van der Waals surface area (Å²) in [4.78, 5) is 22.1. The fourth-order valence-electron chi connectivity index (χ4n) is 2.16. The van der Waals surface area contributed by atoms with Gasteiger partial charge in [-0.25, -0.2) is 4.39 Å². The predicted molar refractivity (Wildman–Crippen MR) is 56.2 cm³/mol. The normalized spacial score (nSPS) is 26.6. The smallest absolute Gasteiger partial charge is 0.315 e. The van der Waals surface area contributed by atoms with Gasteiger partial charge in [-0.15, -0.1) is 0 Å². The Morgan fingerprint density at radius 2 is 2.06 bits per heavy atom. The van der Waals surface area contributed by atoms with Crippen LogP contribution < -0.4 is 0 Å². The van der Waals surface area contributed by atoms with Crippen molar-refractivity contribution in [1.29, 1.82) is 0 Å². The zero-order valence-corrected chi connectivity index (χ0v) is 9.11. The molecule has 17 heavy (non-hydrogen) atoms. The quantitative estimate of drug-likeness (QED) is 0.838. The molecule has 2 atom stereocenters. The molecule has 2 rings (SSSR count). The maximum atomic E-state index is 13.1. The van der Waals surface area contributed by atoms with Gasteiger partial charge in [0, 0.05) is 0 Å². The summed E-state index contributed by atoms with van der Waals surface area (Å²) < 4.78 is 13.1. The van der Waals surface area contributed by atoms with Crippen LogP contribution in [0.2, 0.25) is 0 Å². The molecule has 0 saturated heterocycles. The Morgan fingerprint density at radius 3 is 2.47 bits per heavy atom. The third-order valence-corrected chi connectivity index (χ3v) is 3.31. The van der Waals surface area contributed by atoms with Gasteiger partial charge in [0.15, 0.2) is 0 Å². The molecule has 2 unspecified atom stereocenters. The second-order valence-electron chi connectivity index (χ2n) is 4.34. The van der Waals surface area contributed by atoms with Crippen LogP contribution in [0.1, 0.15) is 17.5 Å². The van der Waals surface area contributed by atoms with E-state index in [1.54, 1.807) is 0 Å². The molecule has 1 fully saturated rings. The Morgan fingerprint density at radius 1 is 1.41 bits per heavy atom. The number of carboxylic acids is 2. The Kier molecular flexibility index (Phi) is 2.41. The highest BCUT2D eigenvalue weighted by molar-refractivity contribution is 5.94. The number of hydrogen-bond donors (Lipinski definition) is 2. The SMILES string of the molecule is Cc1cc(C2(C(=O)O)CC2C(=O)O)ccc1F. The van der Waals surface area contributed by atoms with Gasteiger partial charge in [-0.2, -0.15) is 0 Å². The van der Waals surface area contributed by atoms with Crippen LogP contribution in [0.3, 0.4) is 0 Å².